The Hall–Kier alpha value is -1.59. The molecule has 0 atom stereocenters. The molecule has 116 valence electrons. The number of carbonyl (C=O) groups excluding carboxylic acids is 1. The van der Waals surface area contributed by atoms with Crippen LogP contribution in [0, 0.1) is 0 Å². The number of rotatable bonds is 5. The van der Waals surface area contributed by atoms with E-state index in [1.807, 2.05) is 13.8 Å². The molecule has 4 nitrogen and oxygen atoms in total. The number of carboxylic acids is 1. The number of carbonyl (C=O) groups is 2. The van der Waals surface area contributed by atoms with Crippen LogP contribution in [-0.4, -0.2) is 21.4 Å². The smallest absolute Gasteiger partial charge is 0.309 e. The molecule has 22 heavy (non-hydrogen) atoms. The van der Waals surface area contributed by atoms with Gasteiger partial charge < -0.3 is 9.67 Å². The van der Waals surface area contributed by atoms with Crippen molar-refractivity contribution in [2.75, 3.05) is 0 Å². The highest BCUT2D eigenvalue weighted by Crippen LogP contribution is 2.29. The van der Waals surface area contributed by atoms with Crippen LogP contribution in [0.25, 0.3) is 0 Å². The first-order valence-corrected chi connectivity index (χ1v) is 7.90. The molecule has 0 spiro atoms. The highest BCUT2D eigenvalue weighted by Gasteiger charge is 2.23. The molecule has 0 aliphatic heterocycles. The van der Waals surface area contributed by atoms with Gasteiger partial charge in [0.1, 0.15) is 5.69 Å². The fourth-order valence-electron chi connectivity index (χ4n) is 2.41. The lowest BCUT2D eigenvalue weighted by molar-refractivity contribution is -0.136. The summed E-state index contributed by atoms with van der Waals surface area (Å²) in [6.07, 6.45) is -0.139. The first kappa shape index (κ1) is 16.8. The SMILES string of the molecule is CC(C)n1c(CC(=O)O)cc(Br)c1C(=O)c1cccc(Cl)c1. The molecular weight excluding hydrogens is 370 g/mol. The predicted octanol–water partition coefficient (Wildman–Crippen LogP) is 4.34. The van der Waals surface area contributed by atoms with Gasteiger partial charge in [0.05, 0.1) is 6.42 Å². The van der Waals surface area contributed by atoms with Crippen molar-refractivity contribution in [2.45, 2.75) is 26.3 Å². The Morgan fingerprint density at radius 3 is 2.55 bits per heavy atom. The molecule has 1 heterocycles. The van der Waals surface area contributed by atoms with Crippen molar-refractivity contribution in [2.24, 2.45) is 0 Å². The third kappa shape index (κ3) is 3.42. The number of hydrogen-bond donors (Lipinski definition) is 1. The quantitative estimate of drug-likeness (QED) is 0.780. The molecule has 0 unspecified atom stereocenters. The number of carboxylic acid groups (broad SMARTS) is 1. The third-order valence-electron chi connectivity index (χ3n) is 3.22. The Balaban J connectivity index is 2.56. The summed E-state index contributed by atoms with van der Waals surface area (Å²) in [5, 5.41) is 9.52. The van der Waals surface area contributed by atoms with Crippen LogP contribution in [0.5, 0.6) is 0 Å². The van der Waals surface area contributed by atoms with Gasteiger partial charge in [-0.25, -0.2) is 0 Å². The average molecular weight is 385 g/mol. The van der Waals surface area contributed by atoms with Crippen molar-refractivity contribution in [3.05, 3.63) is 56.8 Å². The van der Waals surface area contributed by atoms with Crippen molar-refractivity contribution in [3.63, 3.8) is 0 Å². The minimum atomic E-state index is -0.936. The summed E-state index contributed by atoms with van der Waals surface area (Å²) in [5.41, 5.74) is 1.49. The summed E-state index contributed by atoms with van der Waals surface area (Å²) in [4.78, 5) is 23.8. The number of halogens is 2. The molecule has 1 N–H and O–H groups in total. The molecule has 0 saturated heterocycles. The monoisotopic (exact) mass is 383 g/mol. The molecule has 6 heteroatoms. The van der Waals surface area contributed by atoms with Gasteiger partial charge in [0, 0.05) is 26.8 Å². The van der Waals surface area contributed by atoms with Crippen molar-refractivity contribution >= 4 is 39.3 Å². The van der Waals surface area contributed by atoms with E-state index in [2.05, 4.69) is 15.9 Å². The van der Waals surface area contributed by atoms with Gasteiger partial charge in [0.2, 0.25) is 5.78 Å². The molecular formula is C16H15BrClNO3. The topological polar surface area (TPSA) is 59.3 Å². The van der Waals surface area contributed by atoms with Crippen molar-refractivity contribution in [1.29, 1.82) is 0 Å². The summed E-state index contributed by atoms with van der Waals surface area (Å²) in [7, 11) is 0. The van der Waals surface area contributed by atoms with Gasteiger partial charge in [0.25, 0.3) is 0 Å². The molecule has 2 aromatic rings. The van der Waals surface area contributed by atoms with E-state index in [0.29, 0.717) is 26.4 Å². The predicted molar refractivity (Wildman–Crippen MR) is 88.7 cm³/mol. The summed E-state index contributed by atoms with van der Waals surface area (Å²) in [5.74, 6) is -1.13. The second-order valence-electron chi connectivity index (χ2n) is 5.21. The highest BCUT2D eigenvalue weighted by molar-refractivity contribution is 9.10. The van der Waals surface area contributed by atoms with Gasteiger partial charge in [-0.15, -0.1) is 0 Å². The Bertz CT molecular complexity index is 737. The summed E-state index contributed by atoms with van der Waals surface area (Å²) in [6, 6.07) is 8.35. The number of ketones is 1. The second-order valence-corrected chi connectivity index (χ2v) is 6.50. The number of aliphatic carboxylic acids is 1. The van der Waals surface area contributed by atoms with E-state index in [-0.39, 0.29) is 18.2 Å². The van der Waals surface area contributed by atoms with E-state index in [1.165, 1.54) is 0 Å². The number of aromatic nitrogens is 1. The lowest BCUT2D eigenvalue weighted by Crippen LogP contribution is -2.16. The van der Waals surface area contributed by atoms with Gasteiger partial charge in [-0.3, -0.25) is 9.59 Å². The van der Waals surface area contributed by atoms with Crippen molar-refractivity contribution in [3.8, 4) is 0 Å². The molecule has 0 aliphatic rings. The highest BCUT2D eigenvalue weighted by atomic mass is 79.9. The maximum absolute atomic E-state index is 12.8. The average Bonchev–Trinajstić information content (AvgIpc) is 2.73. The number of hydrogen-bond acceptors (Lipinski definition) is 2. The van der Waals surface area contributed by atoms with Crippen LogP contribution in [0.15, 0.2) is 34.8 Å². The van der Waals surface area contributed by atoms with Crippen LogP contribution >= 0.6 is 27.5 Å². The molecule has 0 radical (unpaired) electrons. The zero-order valence-corrected chi connectivity index (χ0v) is 14.5. The van der Waals surface area contributed by atoms with Crippen LogP contribution in [-0.2, 0) is 11.2 Å². The second kappa shape index (κ2) is 6.67. The Morgan fingerprint density at radius 1 is 1.32 bits per heavy atom. The summed E-state index contributed by atoms with van der Waals surface area (Å²) >= 11 is 9.32. The van der Waals surface area contributed by atoms with Gasteiger partial charge in [-0.1, -0.05) is 23.7 Å². The molecule has 0 fully saturated rings. The Labute approximate surface area is 141 Å². The third-order valence-corrected chi connectivity index (χ3v) is 4.06. The van der Waals surface area contributed by atoms with Gasteiger partial charge in [0.15, 0.2) is 0 Å². The van der Waals surface area contributed by atoms with E-state index in [4.69, 9.17) is 16.7 Å². The fourth-order valence-corrected chi connectivity index (χ4v) is 3.23. The van der Waals surface area contributed by atoms with E-state index < -0.39 is 5.97 Å². The largest absolute Gasteiger partial charge is 0.481 e. The summed E-state index contributed by atoms with van der Waals surface area (Å²) < 4.78 is 2.34. The molecule has 0 aliphatic carbocycles. The van der Waals surface area contributed by atoms with E-state index >= 15 is 0 Å². The molecule has 0 bridgehead atoms. The Morgan fingerprint density at radius 2 is 2.00 bits per heavy atom. The molecule has 1 aromatic heterocycles. The fraction of sp³-hybridized carbons (Fsp3) is 0.250. The van der Waals surface area contributed by atoms with Gasteiger partial charge >= 0.3 is 5.97 Å². The van der Waals surface area contributed by atoms with Crippen LogP contribution < -0.4 is 0 Å². The molecule has 0 saturated carbocycles. The number of nitrogens with zero attached hydrogens (tertiary/aromatic N) is 1. The van der Waals surface area contributed by atoms with Crippen molar-refractivity contribution < 1.29 is 14.7 Å². The molecule has 0 amide bonds. The van der Waals surface area contributed by atoms with Crippen LogP contribution in [0.4, 0.5) is 0 Å². The van der Waals surface area contributed by atoms with E-state index in [9.17, 15) is 9.59 Å². The molecule has 1 aromatic carbocycles. The van der Waals surface area contributed by atoms with Crippen LogP contribution in [0.3, 0.4) is 0 Å². The van der Waals surface area contributed by atoms with E-state index in [0.717, 1.165) is 0 Å². The minimum absolute atomic E-state index is 0.0428. The lowest BCUT2D eigenvalue weighted by Gasteiger charge is -2.16. The van der Waals surface area contributed by atoms with Crippen molar-refractivity contribution in [1.82, 2.24) is 4.57 Å². The lowest BCUT2D eigenvalue weighted by atomic mass is 10.1. The van der Waals surface area contributed by atoms with E-state index in [1.54, 1.807) is 34.9 Å². The first-order chi connectivity index (χ1) is 10.3. The van der Waals surface area contributed by atoms with Gasteiger partial charge in [-0.2, -0.15) is 0 Å². The Kier molecular flexibility index (Phi) is 5.08. The zero-order chi connectivity index (χ0) is 16.4. The van der Waals surface area contributed by atoms with Gasteiger partial charge in [-0.05, 0) is 48.0 Å². The normalized spacial score (nSPS) is 11.0. The standard InChI is InChI=1S/C16H15BrClNO3/c1-9(2)19-12(8-14(20)21)7-13(17)15(19)16(22)10-4-3-5-11(18)6-10/h3-7,9H,8H2,1-2H3,(H,20,21). The minimum Gasteiger partial charge on any atom is -0.481 e. The zero-order valence-electron chi connectivity index (χ0n) is 12.1. The molecule has 2 rings (SSSR count). The summed E-state index contributed by atoms with van der Waals surface area (Å²) in [6.45, 7) is 3.82. The number of benzene rings is 1. The van der Waals surface area contributed by atoms with Crippen LogP contribution in [0.1, 0.15) is 41.6 Å². The maximum atomic E-state index is 12.8. The van der Waals surface area contributed by atoms with Crippen LogP contribution in [0.2, 0.25) is 5.02 Å². The maximum Gasteiger partial charge on any atom is 0.309 e. The first-order valence-electron chi connectivity index (χ1n) is 6.73.